The van der Waals surface area contributed by atoms with Crippen molar-refractivity contribution < 1.29 is 9.53 Å². The molecule has 0 aromatic carbocycles. The number of carbonyl (C=O) groups excluding carboxylic acids is 1. The highest BCUT2D eigenvalue weighted by molar-refractivity contribution is 6.30. The number of ether oxygens (including phenoxy) is 1. The van der Waals surface area contributed by atoms with E-state index in [-0.39, 0.29) is 0 Å². The van der Waals surface area contributed by atoms with Crippen LogP contribution in [-0.2, 0) is 11.2 Å². The Balaban J connectivity index is 2.06. The zero-order valence-corrected chi connectivity index (χ0v) is 14.4. The quantitative estimate of drug-likeness (QED) is 0.681. The van der Waals surface area contributed by atoms with Crippen molar-refractivity contribution in [1.29, 1.82) is 0 Å². The summed E-state index contributed by atoms with van der Waals surface area (Å²) in [5, 5.41) is 5.20. The molecule has 3 aromatic heterocycles. The number of hydrogen-bond acceptors (Lipinski definition) is 5. The number of rotatable bonds is 4. The Morgan fingerprint density at radius 3 is 2.79 bits per heavy atom. The van der Waals surface area contributed by atoms with Crippen LogP contribution < -0.4 is 4.90 Å². The minimum Gasteiger partial charge on any atom is -0.464 e. The van der Waals surface area contributed by atoms with E-state index >= 15 is 0 Å². The number of hydrogen-bond donors (Lipinski definition) is 0. The number of methoxy groups -OCH3 is 1. The summed E-state index contributed by atoms with van der Waals surface area (Å²) in [5.74, 6) is 0.388. The molecule has 0 fully saturated rings. The molecule has 0 saturated carbocycles. The number of pyridine rings is 2. The summed E-state index contributed by atoms with van der Waals surface area (Å²) in [7, 11) is 5.21. The van der Waals surface area contributed by atoms with E-state index in [2.05, 4.69) is 10.1 Å². The molecule has 3 heterocycles. The Kier molecular flexibility index (Phi) is 4.40. The van der Waals surface area contributed by atoms with Gasteiger partial charge in [-0.25, -0.2) is 14.3 Å². The maximum absolute atomic E-state index is 11.7. The van der Waals surface area contributed by atoms with Gasteiger partial charge >= 0.3 is 5.97 Å². The molecule has 7 heteroatoms. The zero-order chi connectivity index (χ0) is 17.3. The summed E-state index contributed by atoms with van der Waals surface area (Å²) in [6, 6.07) is 9.08. The molecule has 0 aliphatic carbocycles. The lowest BCUT2D eigenvalue weighted by Gasteiger charge is -2.11. The van der Waals surface area contributed by atoms with Gasteiger partial charge in [0.25, 0.3) is 0 Å². The van der Waals surface area contributed by atoms with Gasteiger partial charge < -0.3 is 9.64 Å². The van der Waals surface area contributed by atoms with Crippen molar-refractivity contribution in [2.24, 2.45) is 0 Å². The molecule has 0 bridgehead atoms. The van der Waals surface area contributed by atoms with E-state index in [1.165, 1.54) is 7.11 Å². The van der Waals surface area contributed by atoms with Crippen LogP contribution in [0.2, 0.25) is 5.02 Å². The highest BCUT2D eigenvalue weighted by Gasteiger charge is 2.16. The van der Waals surface area contributed by atoms with Crippen LogP contribution in [0.3, 0.4) is 0 Å². The van der Waals surface area contributed by atoms with Gasteiger partial charge in [0.15, 0.2) is 5.82 Å². The predicted octanol–water partition coefficient (Wildman–Crippen LogP) is 2.83. The van der Waals surface area contributed by atoms with Crippen molar-refractivity contribution in [2.75, 3.05) is 26.1 Å². The molecule has 0 amide bonds. The van der Waals surface area contributed by atoms with Crippen LogP contribution in [0.5, 0.6) is 0 Å². The third-order valence-electron chi connectivity index (χ3n) is 3.66. The maximum Gasteiger partial charge on any atom is 0.356 e. The Labute approximate surface area is 144 Å². The van der Waals surface area contributed by atoms with E-state index in [9.17, 15) is 4.79 Å². The average molecular weight is 345 g/mol. The lowest BCUT2D eigenvalue weighted by atomic mass is 10.1. The Morgan fingerprint density at radius 1 is 1.29 bits per heavy atom. The molecule has 0 radical (unpaired) electrons. The minimum atomic E-state index is -0.448. The lowest BCUT2D eigenvalue weighted by molar-refractivity contribution is 0.0593. The van der Waals surface area contributed by atoms with Crippen LogP contribution in [0.4, 0.5) is 5.82 Å². The van der Waals surface area contributed by atoms with Gasteiger partial charge in [-0.2, -0.15) is 0 Å². The Bertz CT molecular complexity index is 905. The zero-order valence-electron chi connectivity index (χ0n) is 13.7. The van der Waals surface area contributed by atoms with Crippen LogP contribution >= 0.6 is 11.6 Å². The van der Waals surface area contributed by atoms with E-state index in [1.807, 2.05) is 37.2 Å². The van der Waals surface area contributed by atoms with Crippen molar-refractivity contribution in [1.82, 2.24) is 14.6 Å². The molecule has 0 aliphatic rings. The van der Waals surface area contributed by atoms with Gasteiger partial charge in [-0.3, -0.25) is 0 Å². The SMILES string of the molecule is COC(=O)c1cccc(Cc2c(N(C)C)nn3cc(Cl)ccc23)n1. The van der Waals surface area contributed by atoms with Crippen LogP contribution in [-0.4, -0.2) is 41.8 Å². The van der Waals surface area contributed by atoms with Crippen molar-refractivity contribution in [3.63, 3.8) is 0 Å². The first-order valence-electron chi connectivity index (χ1n) is 7.38. The first kappa shape index (κ1) is 16.3. The number of aromatic nitrogens is 3. The molecule has 0 spiro atoms. The van der Waals surface area contributed by atoms with Gasteiger partial charge in [0.1, 0.15) is 5.69 Å². The molecule has 6 nitrogen and oxygen atoms in total. The number of halogens is 1. The number of fused-ring (bicyclic) bond motifs is 1. The Morgan fingerprint density at radius 2 is 2.08 bits per heavy atom. The summed E-state index contributed by atoms with van der Waals surface area (Å²) in [6.45, 7) is 0. The third-order valence-corrected chi connectivity index (χ3v) is 3.88. The normalized spacial score (nSPS) is 10.8. The molecule has 0 aliphatic heterocycles. The highest BCUT2D eigenvalue weighted by Crippen LogP contribution is 2.26. The molecule has 3 rings (SSSR count). The van der Waals surface area contributed by atoms with Crippen molar-refractivity contribution in [3.8, 4) is 0 Å². The smallest absolute Gasteiger partial charge is 0.356 e. The van der Waals surface area contributed by atoms with Crippen LogP contribution in [0.25, 0.3) is 5.52 Å². The van der Waals surface area contributed by atoms with Crippen molar-refractivity contribution in [2.45, 2.75) is 6.42 Å². The number of anilines is 1. The number of carbonyl (C=O) groups is 1. The molecular weight excluding hydrogens is 328 g/mol. The number of nitrogens with zero attached hydrogens (tertiary/aromatic N) is 4. The Hall–Kier alpha value is -2.60. The van der Waals surface area contributed by atoms with E-state index in [4.69, 9.17) is 16.3 Å². The first-order valence-corrected chi connectivity index (χ1v) is 7.75. The van der Waals surface area contributed by atoms with Gasteiger partial charge in [0, 0.05) is 38.0 Å². The van der Waals surface area contributed by atoms with E-state index in [0.29, 0.717) is 17.1 Å². The molecular formula is C17H17ClN4O2. The summed E-state index contributed by atoms with van der Waals surface area (Å²) in [4.78, 5) is 18.0. The van der Waals surface area contributed by atoms with Crippen molar-refractivity contribution >= 4 is 28.9 Å². The predicted molar refractivity (Wildman–Crippen MR) is 92.9 cm³/mol. The molecule has 0 saturated heterocycles. The van der Waals surface area contributed by atoms with Gasteiger partial charge in [0.2, 0.25) is 0 Å². The van der Waals surface area contributed by atoms with Crippen molar-refractivity contribution in [3.05, 3.63) is 58.5 Å². The fourth-order valence-corrected chi connectivity index (χ4v) is 2.72. The second-order valence-electron chi connectivity index (χ2n) is 5.56. The summed E-state index contributed by atoms with van der Waals surface area (Å²) in [6.07, 6.45) is 2.31. The molecule has 0 atom stereocenters. The largest absolute Gasteiger partial charge is 0.464 e. The topological polar surface area (TPSA) is 59.7 Å². The molecule has 0 N–H and O–H groups in total. The second kappa shape index (κ2) is 6.49. The van der Waals surface area contributed by atoms with Gasteiger partial charge in [-0.05, 0) is 24.3 Å². The highest BCUT2D eigenvalue weighted by atomic mass is 35.5. The van der Waals surface area contributed by atoms with Gasteiger partial charge in [-0.1, -0.05) is 17.7 Å². The third kappa shape index (κ3) is 3.05. The lowest BCUT2D eigenvalue weighted by Crippen LogP contribution is -2.12. The molecule has 3 aromatic rings. The number of esters is 1. The fourth-order valence-electron chi connectivity index (χ4n) is 2.57. The molecule has 0 unspecified atom stereocenters. The fraction of sp³-hybridized carbons (Fsp3) is 0.235. The van der Waals surface area contributed by atoms with E-state index in [0.717, 1.165) is 22.6 Å². The van der Waals surface area contributed by atoms with Crippen LogP contribution in [0, 0.1) is 0 Å². The second-order valence-corrected chi connectivity index (χ2v) is 5.99. The molecule has 124 valence electrons. The molecule has 24 heavy (non-hydrogen) atoms. The summed E-state index contributed by atoms with van der Waals surface area (Å²) < 4.78 is 6.49. The van der Waals surface area contributed by atoms with Crippen LogP contribution in [0.1, 0.15) is 21.7 Å². The maximum atomic E-state index is 11.7. The summed E-state index contributed by atoms with van der Waals surface area (Å²) in [5.41, 5.74) is 3.03. The first-order chi connectivity index (χ1) is 11.5. The van der Waals surface area contributed by atoms with E-state index < -0.39 is 5.97 Å². The van der Waals surface area contributed by atoms with Gasteiger partial charge in [0.05, 0.1) is 17.6 Å². The standard InChI is InChI=1S/C17H17ClN4O2/c1-21(2)16-13(15-8-7-11(18)10-22(15)20-16)9-12-5-4-6-14(19-12)17(23)24-3/h4-8,10H,9H2,1-3H3. The van der Waals surface area contributed by atoms with Gasteiger partial charge in [-0.15, -0.1) is 5.10 Å². The van der Waals surface area contributed by atoms with Crippen LogP contribution in [0.15, 0.2) is 36.5 Å². The summed E-state index contributed by atoms with van der Waals surface area (Å²) >= 11 is 6.05. The monoisotopic (exact) mass is 344 g/mol. The van der Waals surface area contributed by atoms with E-state index in [1.54, 1.807) is 22.8 Å². The average Bonchev–Trinajstić information content (AvgIpc) is 2.92. The minimum absolute atomic E-state index is 0.293.